The summed E-state index contributed by atoms with van der Waals surface area (Å²) >= 11 is 0. The van der Waals surface area contributed by atoms with E-state index < -0.39 is 0 Å². The van der Waals surface area contributed by atoms with Crippen molar-refractivity contribution in [3.8, 4) is 0 Å². The highest BCUT2D eigenvalue weighted by atomic mass is 35.5. The largest absolute Gasteiger partial charge is 0.369 e. The van der Waals surface area contributed by atoms with Crippen LogP contribution in [0.1, 0.15) is 23.7 Å². The number of pyridine rings is 1. The quantitative estimate of drug-likeness (QED) is 0.773. The molecule has 0 bridgehead atoms. The van der Waals surface area contributed by atoms with Crippen LogP contribution in [0.3, 0.4) is 0 Å². The molecule has 1 saturated heterocycles. The molecule has 2 heterocycles. The van der Waals surface area contributed by atoms with Crippen LogP contribution in [0.4, 0.5) is 21.6 Å². The summed E-state index contributed by atoms with van der Waals surface area (Å²) in [6.45, 7) is 5.63. The molecule has 2 aromatic rings. The van der Waals surface area contributed by atoms with Crippen molar-refractivity contribution < 1.29 is 9.18 Å². The van der Waals surface area contributed by atoms with Crippen LogP contribution in [-0.2, 0) is 0 Å². The molecule has 0 radical (unpaired) electrons. The summed E-state index contributed by atoms with van der Waals surface area (Å²) in [6, 6.07) is 8.76. The Bertz CT molecular complexity index is 824. The minimum absolute atomic E-state index is 0. The van der Waals surface area contributed by atoms with Crippen molar-refractivity contribution in [1.82, 2.24) is 9.88 Å². The number of carbonyl (C=O) groups excluding carboxylic acids is 1. The topological polar surface area (TPSA) is 51.7 Å². The van der Waals surface area contributed by atoms with Crippen LogP contribution in [-0.4, -0.2) is 62.6 Å². The van der Waals surface area contributed by atoms with E-state index in [1.165, 1.54) is 6.07 Å². The number of piperazine rings is 1. The number of halogens is 2. The second-order valence-electron chi connectivity index (χ2n) is 7.11. The molecule has 1 amide bonds. The van der Waals surface area contributed by atoms with E-state index in [4.69, 9.17) is 0 Å². The fourth-order valence-corrected chi connectivity index (χ4v) is 3.42. The van der Waals surface area contributed by atoms with Gasteiger partial charge in [-0.05, 0) is 24.6 Å². The molecule has 0 unspecified atom stereocenters. The van der Waals surface area contributed by atoms with Crippen LogP contribution in [0.2, 0.25) is 0 Å². The molecule has 1 N–H and O–H groups in total. The molecule has 6 nitrogen and oxygen atoms in total. The summed E-state index contributed by atoms with van der Waals surface area (Å²) in [6.07, 6.45) is 2.69. The molecule has 29 heavy (non-hydrogen) atoms. The molecule has 158 valence electrons. The Kier molecular flexibility index (Phi) is 8.08. The lowest BCUT2D eigenvalue weighted by molar-refractivity contribution is 0.0828. The van der Waals surface area contributed by atoms with E-state index in [9.17, 15) is 9.18 Å². The van der Waals surface area contributed by atoms with Gasteiger partial charge < -0.3 is 20.0 Å². The number of para-hydroxylation sites is 1. The van der Waals surface area contributed by atoms with Gasteiger partial charge in [-0.1, -0.05) is 19.1 Å². The van der Waals surface area contributed by atoms with Crippen molar-refractivity contribution in [2.75, 3.05) is 61.9 Å². The summed E-state index contributed by atoms with van der Waals surface area (Å²) in [7, 11) is 3.50. The van der Waals surface area contributed by atoms with Crippen molar-refractivity contribution in [1.29, 1.82) is 0 Å². The normalized spacial score (nSPS) is 13.7. The highest BCUT2D eigenvalue weighted by molar-refractivity contribution is 6.04. The number of carbonyl (C=O) groups is 1. The highest BCUT2D eigenvalue weighted by Gasteiger charge is 2.26. The molecule has 1 aromatic carbocycles. The average molecular weight is 422 g/mol. The summed E-state index contributed by atoms with van der Waals surface area (Å²) < 4.78 is 14.1. The Labute approximate surface area is 178 Å². The Morgan fingerprint density at radius 1 is 1.10 bits per heavy atom. The number of amides is 1. The van der Waals surface area contributed by atoms with Crippen LogP contribution in [0.5, 0.6) is 0 Å². The Hall–Kier alpha value is -2.54. The summed E-state index contributed by atoms with van der Waals surface area (Å²) in [5, 5.41) is 3.28. The maximum absolute atomic E-state index is 14.1. The van der Waals surface area contributed by atoms with Crippen molar-refractivity contribution in [3.05, 3.63) is 47.9 Å². The fraction of sp³-hybridized carbons (Fsp3) is 0.429. The van der Waals surface area contributed by atoms with Crippen LogP contribution in [0.25, 0.3) is 0 Å². The zero-order chi connectivity index (χ0) is 20.1. The molecule has 8 heteroatoms. The van der Waals surface area contributed by atoms with Gasteiger partial charge in [-0.15, -0.1) is 12.4 Å². The first-order valence-electron chi connectivity index (χ1n) is 9.72. The van der Waals surface area contributed by atoms with Crippen LogP contribution in [0, 0.1) is 5.82 Å². The lowest BCUT2D eigenvalue weighted by atomic mass is 10.1. The SMILES string of the molecule is CCCNc1nccc(N2CCN(c3ccccc3F)CC2)c1C(=O)N(C)C.Cl. The molecular formula is C21H29ClFN5O. The lowest BCUT2D eigenvalue weighted by Gasteiger charge is -2.38. The summed E-state index contributed by atoms with van der Waals surface area (Å²) in [5.74, 6) is 0.349. The molecule has 1 aromatic heterocycles. The Balaban J connectivity index is 0.00000300. The van der Waals surface area contributed by atoms with E-state index >= 15 is 0 Å². The zero-order valence-electron chi connectivity index (χ0n) is 17.2. The predicted octanol–water partition coefficient (Wildman–Crippen LogP) is 3.49. The number of nitrogens with one attached hydrogen (secondary N) is 1. The van der Waals surface area contributed by atoms with Gasteiger partial charge in [-0.25, -0.2) is 9.37 Å². The fourth-order valence-electron chi connectivity index (χ4n) is 3.42. The number of aromatic nitrogens is 1. The average Bonchev–Trinajstić information content (AvgIpc) is 2.72. The molecule has 0 saturated carbocycles. The first-order chi connectivity index (χ1) is 13.5. The number of hydrogen-bond donors (Lipinski definition) is 1. The standard InChI is InChI=1S/C21H28FN5O.ClH/c1-4-10-23-20-19(21(28)25(2)3)18(9-11-24-20)27-14-12-26(13-15-27)17-8-6-5-7-16(17)22;/h5-9,11H,4,10,12-15H2,1-3H3,(H,23,24);1H. The first kappa shape index (κ1) is 22.7. The molecule has 3 rings (SSSR count). The summed E-state index contributed by atoms with van der Waals surface area (Å²) in [4.78, 5) is 23.1. The van der Waals surface area contributed by atoms with E-state index in [0.717, 1.165) is 18.7 Å². The third kappa shape index (κ3) is 5.09. The van der Waals surface area contributed by atoms with Crippen molar-refractivity contribution in [2.45, 2.75) is 13.3 Å². The smallest absolute Gasteiger partial charge is 0.259 e. The molecule has 0 spiro atoms. The maximum atomic E-state index is 14.1. The second kappa shape index (κ2) is 10.3. The molecular weight excluding hydrogens is 393 g/mol. The van der Waals surface area contributed by atoms with Gasteiger partial charge in [0, 0.05) is 53.0 Å². The first-order valence-corrected chi connectivity index (χ1v) is 9.72. The van der Waals surface area contributed by atoms with Crippen molar-refractivity contribution >= 4 is 35.5 Å². The van der Waals surface area contributed by atoms with Gasteiger partial charge in [-0.2, -0.15) is 0 Å². The van der Waals surface area contributed by atoms with Crippen LogP contribution >= 0.6 is 12.4 Å². The Morgan fingerprint density at radius 3 is 2.31 bits per heavy atom. The monoisotopic (exact) mass is 421 g/mol. The number of anilines is 3. The van der Waals surface area contributed by atoms with Gasteiger partial charge in [0.05, 0.1) is 11.4 Å². The predicted molar refractivity (Wildman–Crippen MR) is 119 cm³/mol. The van der Waals surface area contributed by atoms with Gasteiger partial charge in [-0.3, -0.25) is 4.79 Å². The van der Waals surface area contributed by atoms with Gasteiger partial charge in [0.15, 0.2) is 0 Å². The van der Waals surface area contributed by atoms with Gasteiger partial charge in [0.25, 0.3) is 5.91 Å². The maximum Gasteiger partial charge on any atom is 0.259 e. The highest BCUT2D eigenvalue weighted by Crippen LogP contribution is 2.29. The van der Waals surface area contributed by atoms with Crippen LogP contribution in [0.15, 0.2) is 36.5 Å². The van der Waals surface area contributed by atoms with Gasteiger partial charge >= 0.3 is 0 Å². The number of rotatable bonds is 6. The van der Waals surface area contributed by atoms with Crippen molar-refractivity contribution in [3.63, 3.8) is 0 Å². The van der Waals surface area contributed by atoms with Gasteiger partial charge in [0.2, 0.25) is 0 Å². The number of nitrogens with zero attached hydrogens (tertiary/aromatic N) is 4. The number of benzene rings is 1. The second-order valence-corrected chi connectivity index (χ2v) is 7.11. The molecule has 0 atom stereocenters. The lowest BCUT2D eigenvalue weighted by Crippen LogP contribution is -2.47. The Morgan fingerprint density at radius 2 is 1.72 bits per heavy atom. The molecule has 1 fully saturated rings. The number of hydrogen-bond acceptors (Lipinski definition) is 5. The van der Waals surface area contributed by atoms with Crippen molar-refractivity contribution in [2.24, 2.45) is 0 Å². The third-order valence-corrected chi connectivity index (χ3v) is 4.90. The van der Waals surface area contributed by atoms with E-state index in [2.05, 4.69) is 27.0 Å². The summed E-state index contributed by atoms with van der Waals surface area (Å²) in [5.41, 5.74) is 2.10. The van der Waals surface area contributed by atoms with Crippen LogP contribution < -0.4 is 15.1 Å². The molecule has 1 aliphatic rings. The molecule has 0 aliphatic carbocycles. The minimum atomic E-state index is -0.200. The zero-order valence-corrected chi connectivity index (χ0v) is 18.0. The third-order valence-electron chi connectivity index (χ3n) is 4.90. The van der Waals surface area contributed by atoms with Gasteiger partial charge in [0.1, 0.15) is 17.2 Å². The van der Waals surface area contributed by atoms with E-state index in [1.807, 2.05) is 18.2 Å². The van der Waals surface area contributed by atoms with E-state index in [0.29, 0.717) is 43.2 Å². The minimum Gasteiger partial charge on any atom is -0.369 e. The molecule has 1 aliphatic heterocycles. The van der Waals surface area contributed by atoms with E-state index in [-0.39, 0.29) is 24.1 Å². The van der Waals surface area contributed by atoms with E-state index in [1.54, 1.807) is 31.3 Å².